The largest absolute Gasteiger partial charge is 0.468 e. The van der Waals surface area contributed by atoms with Crippen LogP contribution >= 0.6 is 0 Å². The minimum Gasteiger partial charge on any atom is -0.468 e. The summed E-state index contributed by atoms with van der Waals surface area (Å²) in [4.78, 5) is 13.5. The Morgan fingerprint density at radius 3 is 2.62 bits per heavy atom. The summed E-state index contributed by atoms with van der Waals surface area (Å²) in [5, 5.41) is 2.93. The number of ether oxygens (including phenoxy) is 1. The summed E-state index contributed by atoms with van der Waals surface area (Å²) in [6, 6.07) is 0. The van der Waals surface area contributed by atoms with E-state index in [4.69, 9.17) is 4.74 Å². The number of rotatable bonds is 6. The second kappa shape index (κ2) is 7.45. The number of halogens is 3. The molecule has 4 nitrogen and oxygen atoms in total. The zero-order valence-corrected chi connectivity index (χ0v) is 12.9. The lowest BCUT2D eigenvalue weighted by Gasteiger charge is -2.34. The van der Waals surface area contributed by atoms with Crippen LogP contribution < -0.4 is 5.32 Å². The minimum absolute atomic E-state index is 0.0675. The number of nitrogens with zero attached hydrogens (tertiary/aromatic N) is 1. The molecule has 1 N–H and O–H groups in total. The minimum atomic E-state index is -4.11. The van der Waals surface area contributed by atoms with Crippen LogP contribution in [0.2, 0.25) is 0 Å². The van der Waals surface area contributed by atoms with Crippen LogP contribution in [0.3, 0.4) is 0 Å². The lowest BCUT2D eigenvalue weighted by molar-refractivity contribution is -0.186. The fraction of sp³-hybridized carbons (Fsp3) is 0.929. The van der Waals surface area contributed by atoms with Gasteiger partial charge in [-0.05, 0) is 52.7 Å². The molecule has 0 aromatic heterocycles. The molecule has 0 amide bonds. The van der Waals surface area contributed by atoms with Gasteiger partial charge in [0.15, 0.2) is 0 Å². The molecule has 1 fully saturated rings. The fourth-order valence-electron chi connectivity index (χ4n) is 2.74. The lowest BCUT2D eigenvalue weighted by atomic mass is 9.94. The molecule has 124 valence electrons. The summed E-state index contributed by atoms with van der Waals surface area (Å²) in [5.41, 5.74) is -0.784. The predicted molar refractivity (Wildman–Crippen MR) is 73.9 cm³/mol. The Labute approximate surface area is 124 Å². The van der Waals surface area contributed by atoms with Gasteiger partial charge in [-0.2, -0.15) is 13.2 Å². The molecule has 21 heavy (non-hydrogen) atoms. The molecule has 0 spiro atoms. The van der Waals surface area contributed by atoms with Crippen LogP contribution in [-0.2, 0) is 9.53 Å². The van der Waals surface area contributed by atoms with Gasteiger partial charge in [0.2, 0.25) is 0 Å². The van der Waals surface area contributed by atoms with Crippen LogP contribution in [0.25, 0.3) is 0 Å². The molecular weight excluding hydrogens is 285 g/mol. The molecule has 0 aliphatic carbocycles. The topological polar surface area (TPSA) is 41.6 Å². The van der Waals surface area contributed by atoms with Crippen LogP contribution in [0.4, 0.5) is 13.2 Å². The number of carbonyl (C=O) groups is 1. The maximum atomic E-state index is 12.7. The number of methoxy groups -OCH3 is 1. The summed E-state index contributed by atoms with van der Waals surface area (Å²) in [6.07, 6.45) is -2.13. The molecule has 0 saturated carbocycles. The molecule has 1 aliphatic rings. The monoisotopic (exact) mass is 310 g/mol. The van der Waals surface area contributed by atoms with E-state index >= 15 is 0 Å². The smallest absolute Gasteiger partial charge is 0.393 e. The molecule has 1 aliphatic heterocycles. The normalized spacial score (nSPS) is 23.6. The van der Waals surface area contributed by atoms with Gasteiger partial charge in [-0.25, -0.2) is 0 Å². The van der Waals surface area contributed by atoms with Gasteiger partial charge in [-0.15, -0.1) is 0 Å². The summed E-state index contributed by atoms with van der Waals surface area (Å²) in [5.74, 6) is -1.57. The van der Waals surface area contributed by atoms with Crippen molar-refractivity contribution in [1.82, 2.24) is 10.2 Å². The van der Waals surface area contributed by atoms with E-state index < -0.39 is 17.6 Å². The van der Waals surface area contributed by atoms with Crippen molar-refractivity contribution in [3.63, 3.8) is 0 Å². The third kappa shape index (κ3) is 5.14. The first-order valence-electron chi connectivity index (χ1n) is 7.29. The first kappa shape index (κ1) is 18.2. The first-order valence-corrected chi connectivity index (χ1v) is 7.29. The maximum Gasteiger partial charge on any atom is 0.393 e. The van der Waals surface area contributed by atoms with E-state index in [-0.39, 0.29) is 18.9 Å². The van der Waals surface area contributed by atoms with Crippen LogP contribution in [0, 0.1) is 5.92 Å². The van der Waals surface area contributed by atoms with E-state index in [1.54, 1.807) is 14.0 Å². The van der Waals surface area contributed by atoms with Crippen LogP contribution in [0.5, 0.6) is 0 Å². The number of alkyl halides is 3. The number of esters is 1. The molecular formula is C14H25F3N2O2. The Morgan fingerprint density at radius 1 is 1.43 bits per heavy atom. The molecule has 2 atom stereocenters. The first-order chi connectivity index (χ1) is 9.73. The van der Waals surface area contributed by atoms with Crippen molar-refractivity contribution in [2.45, 2.75) is 44.3 Å². The number of piperidine rings is 1. The average Bonchev–Trinajstić information content (AvgIpc) is 2.45. The molecule has 7 heteroatoms. The van der Waals surface area contributed by atoms with Gasteiger partial charge in [0.25, 0.3) is 0 Å². The Hall–Kier alpha value is -0.820. The van der Waals surface area contributed by atoms with E-state index in [0.717, 1.165) is 0 Å². The van der Waals surface area contributed by atoms with E-state index in [2.05, 4.69) is 5.32 Å². The molecule has 0 bridgehead atoms. The van der Waals surface area contributed by atoms with Crippen molar-refractivity contribution in [3.8, 4) is 0 Å². The van der Waals surface area contributed by atoms with Gasteiger partial charge in [0, 0.05) is 6.54 Å². The number of likely N-dealkylation sites (tertiary alicyclic amines) is 1. The van der Waals surface area contributed by atoms with Crippen LogP contribution in [-0.4, -0.2) is 56.4 Å². The van der Waals surface area contributed by atoms with Gasteiger partial charge in [-0.1, -0.05) is 0 Å². The Bertz CT molecular complexity index is 350. The van der Waals surface area contributed by atoms with Crippen LogP contribution in [0.15, 0.2) is 0 Å². The number of nitrogens with one attached hydrogen (secondary N) is 1. The Balaban J connectivity index is 2.43. The standard InChI is InChI=1S/C14H25F3N2O2/c1-13(18-2,12(20)21-3)7-5-9-19-8-4-6-11(10-19)14(15,16)17/h11,18H,4-10H2,1-3H3. The summed E-state index contributed by atoms with van der Waals surface area (Å²) in [6.45, 7) is 3.08. The van der Waals surface area contributed by atoms with Gasteiger partial charge >= 0.3 is 12.1 Å². The Kier molecular flexibility index (Phi) is 6.46. The zero-order chi connectivity index (χ0) is 16.1. The van der Waals surface area contributed by atoms with Crippen molar-refractivity contribution >= 4 is 5.97 Å². The second-order valence-electron chi connectivity index (χ2n) is 5.86. The molecule has 1 rings (SSSR count). The number of carbonyl (C=O) groups excluding carboxylic acids is 1. The SMILES string of the molecule is CNC(C)(CCCN1CCCC(C(F)(F)F)C1)C(=O)OC. The van der Waals surface area contributed by atoms with Gasteiger partial charge in [0.1, 0.15) is 5.54 Å². The molecule has 0 aromatic rings. The van der Waals surface area contributed by atoms with E-state index in [9.17, 15) is 18.0 Å². The lowest BCUT2D eigenvalue weighted by Crippen LogP contribution is -2.49. The zero-order valence-electron chi connectivity index (χ0n) is 12.9. The molecule has 0 aromatic carbocycles. The van der Waals surface area contributed by atoms with E-state index in [1.165, 1.54) is 7.11 Å². The van der Waals surface area contributed by atoms with Gasteiger partial charge < -0.3 is 15.0 Å². The van der Waals surface area contributed by atoms with Crippen LogP contribution in [0.1, 0.15) is 32.6 Å². The summed E-state index contributed by atoms with van der Waals surface area (Å²) in [7, 11) is 3.01. The third-order valence-electron chi connectivity index (χ3n) is 4.31. The predicted octanol–water partition coefficient (Wildman–Crippen LogP) is 2.19. The molecule has 1 heterocycles. The molecule has 0 radical (unpaired) electrons. The van der Waals surface area contributed by atoms with E-state index in [1.807, 2.05) is 4.90 Å². The maximum absolute atomic E-state index is 12.7. The van der Waals surface area contributed by atoms with Crippen molar-refractivity contribution in [1.29, 1.82) is 0 Å². The second-order valence-corrected chi connectivity index (χ2v) is 5.86. The summed E-state index contributed by atoms with van der Waals surface area (Å²) < 4.78 is 43.0. The van der Waals surface area contributed by atoms with Crippen molar-refractivity contribution in [2.75, 3.05) is 33.8 Å². The quantitative estimate of drug-likeness (QED) is 0.764. The Morgan fingerprint density at radius 2 is 2.10 bits per heavy atom. The van der Waals surface area contributed by atoms with E-state index in [0.29, 0.717) is 32.4 Å². The average molecular weight is 310 g/mol. The molecule has 1 saturated heterocycles. The van der Waals surface area contributed by atoms with Crippen molar-refractivity contribution in [2.24, 2.45) is 5.92 Å². The van der Waals surface area contributed by atoms with Crippen molar-refractivity contribution < 1.29 is 22.7 Å². The van der Waals surface area contributed by atoms with Crippen molar-refractivity contribution in [3.05, 3.63) is 0 Å². The number of hydrogen-bond donors (Lipinski definition) is 1. The highest BCUT2D eigenvalue weighted by Crippen LogP contribution is 2.33. The summed E-state index contributed by atoms with van der Waals surface area (Å²) >= 11 is 0. The third-order valence-corrected chi connectivity index (χ3v) is 4.31. The fourth-order valence-corrected chi connectivity index (χ4v) is 2.74. The highest BCUT2D eigenvalue weighted by Gasteiger charge is 2.41. The molecule has 2 unspecified atom stereocenters. The number of hydrogen-bond acceptors (Lipinski definition) is 4. The number of likely N-dealkylation sites (N-methyl/N-ethyl adjacent to an activating group) is 1. The van der Waals surface area contributed by atoms with Gasteiger partial charge in [-0.3, -0.25) is 4.79 Å². The highest BCUT2D eigenvalue weighted by atomic mass is 19.4. The highest BCUT2D eigenvalue weighted by molar-refractivity contribution is 5.80. The van der Waals surface area contributed by atoms with Gasteiger partial charge in [0.05, 0.1) is 13.0 Å².